The predicted molar refractivity (Wildman–Crippen MR) is 70.1 cm³/mol. The number of aliphatic hydroxyl groups excluding tert-OH is 1. The fraction of sp³-hybridized carbons (Fsp3) is 0.308. The molecule has 2 rings (SSSR count). The Bertz CT molecular complexity index is 679. The van der Waals surface area contributed by atoms with E-state index >= 15 is 0 Å². The van der Waals surface area contributed by atoms with Crippen LogP contribution in [0.2, 0.25) is 0 Å². The molecule has 108 valence electrons. The zero-order chi connectivity index (χ0) is 14.8. The summed E-state index contributed by atoms with van der Waals surface area (Å²) in [4.78, 5) is 0. The number of rotatable bonds is 5. The van der Waals surface area contributed by atoms with Gasteiger partial charge in [-0.25, -0.2) is 12.8 Å². The van der Waals surface area contributed by atoms with Gasteiger partial charge in [0, 0.05) is 6.07 Å². The molecule has 0 saturated heterocycles. The highest BCUT2D eigenvalue weighted by atomic mass is 32.2. The van der Waals surface area contributed by atoms with E-state index in [0.717, 1.165) is 0 Å². The van der Waals surface area contributed by atoms with E-state index in [0.29, 0.717) is 17.0 Å². The summed E-state index contributed by atoms with van der Waals surface area (Å²) in [5.74, 6) is -0.677. The summed E-state index contributed by atoms with van der Waals surface area (Å²) in [5, 5.41) is 13.5. The quantitative estimate of drug-likeness (QED) is 0.910. The number of aliphatic hydroxyl groups is 1. The zero-order valence-electron chi connectivity index (χ0n) is 10.8. The first-order chi connectivity index (χ1) is 9.35. The van der Waals surface area contributed by atoms with Gasteiger partial charge in [-0.15, -0.1) is 0 Å². The third-order valence-corrected chi connectivity index (χ3v) is 4.27. The third-order valence-electron chi connectivity index (χ3n) is 2.71. The molecule has 7 heteroatoms. The Morgan fingerprint density at radius 2 is 2.00 bits per heavy atom. The van der Waals surface area contributed by atoms with Crippen LogP contribution in [0.4, 0.5) is 4.39 Å². The molecule has 1 aromatic carbocycles. The molecule has 0 aliphatic heterocycles. The number of aromatic nitrogens is 1. The van der Waals surface area contributed by atoms with Gasteiger partial charge in [-0.1, -0.05) is 17.3 Å². The summed E-state index contributed by atoms with van der Waals surface area (Å²) in [7, 11) is -3.55. The fourth-order valence-electron chi connectivity index (χ4n) is 1.79. The van der Waals surface area contributed by atoms with Crippen LogP contribution in [0.1, 0.15) is 23.1 Å². The standard InChI is InChI=1S/C13H14FNO4S/c1-9-6-12(15-19-9)7-20(17,18)8-13(16)10-2-4-11(14)5-3-10/h2-6,13,16H,7-8H2,1H3. The van der Waals surface area contributed by atoms with E-state index in [1.165, 1.54) is 30.3 Å². The van der Waals surface area contributed by atoms with Gasteiger partial charge >= 0.3 is 0 Å². The molecule has 0 radical (unpaired) electrons. The average molecular weight is 299 g/mol. The lowest BCUT2D eigenvalue weighted by atomic mass is 10.1. The highest BCUT2D eigenvalue weighted by molar-refractivity contribution is 7.90. The summed E-state index contributed by atoms with van der Waals surface area (Å²) < 4.78 is 41.4. The van der Waals surface area contributed by atoms with E-state index in [1.807, 2.05) is 0 Å². The van der Waals surface area contributed by atoms with E-state index in [2.05, 4.69) is 5.16 Å². The number of hydrogen-bond donors (Lipinski definition) is 1. The highest BCUT2D eigenvalue weighted by Crippen LogP contribution is 2.18. The van der Waals surface area contributed by atoms with Crippen LogP contribution in [0, 0.1) is 12.7 Å². The van der Waals surface area contributed by atoms with Gasteiger partial charge in [-0.3, -0.25) is 0 Å². The number of aryl methyl sites for hydroxylation is 1. The lowest BCUT2D eigenvalue weighted by molar-refractivity contribution is 0.201. The van der Waals surface area contributed by atoms with Crippen LogP contribution in [0.5, 0.6) is 0 Å². The minimum Gasteiger partial charge on any atom is -0.387 e. The van der Waals surface area contributed by atoms with Gasteiger partial charge in [0.25, 0.3) is 0 Å². The normalized spacial score (nSPS) is 13.3. The van der Waals surface area contributed by atoms with Crippen molar-refractivity contribution in [2.24, 2.45) is 0 Å². The summed E-state index contributed by atoms with van der Waals surface area (Å²) >= 11 is 0. The molecule has 5 nitrogen and oxygen atoms in total. The second-order valence-electron chi connectivity index (χ2n) is 4.55. The van der Waals surface area contributed by atoms with Crippen LogP contribution < -0.4 is 0 Å². The zero-order valence-corrected chi connectivity index (χ0v) is 11.6. The predicted octanol–water partition coefficient (Wildman–Crippen LogP) is 1.77. The Morgan fingerprint density at radius 3 is 2.55 bits per heavy atom. The number of benzene rings is 1. The maximum atomic E-state index is 12.8. The molecule has 1 N–H and O–H groups in total. The Kier molecular flexibility index (Phi) is 4.20. The number of hydrogen-bond acceptors (Lipinski definition) is 5. The van der Waals surface area contributed by atoms with Crippen LogP contribution in [-0.4, -0.2) is 24.4 Å². The monoisotopic (exact) mass is 299 g/mol. The molecule has 0 saturated carbocycles. The van der Waals surface area contributed by atoms with E-state index in [4.69, 9.17) is 4.52 Å². The Balaban J connectivity index is 2.05. The average Bonchev–Trinajstić information content (AvgIpc) is 2.73. The van der Waals surface area contributed by atoms with Crippen molar-refractivity contribution < 1.29 is 22.4 Å². The third kappa shape index (κ3) is 3.88. The molecule has 0 fully saturated rings. The molecule has 20 heavy (non-hydrogen) atoms. The van der Waals surface area contributed by atoms with Gasteiger partial charge in [0.05, 0.1) is 23.3 Å². The van der Waals surface area contributed by atoms with Gasteiger partial charge in [0.1, 0.15) is 11.6 Å². The van der Waals surface area contributed by atoms with Gasteiger partial charge in [-0.2, -0.15) is 0 Å². The topological polar surface area (TPSA) is 80.4 Å². The van der Waals surface area contributed by atoms with E-state index < -0.39 is 27.5 Å². The summed E-state index contributed by atoms with van der Waals surface area (Å²) in [5.41, 5.74) is 0.653. The van der Waals surface area contributed by atoms with Crippen LogP contribution in [-0.2, 0) is 15.6 Å². The van der Waals surface area contributed by atoms with Gasteiger partial charge in [0.2, 0.25) is 0 Å². The lowest BCUT2D eigenvalue weighted by Crippen LogP contribution is -2.16. The molecule has 1 unspecified atom stereocenters. The molecule has 0 amide bonds. The maximum Gasteiger partial charge on any atom is 0.159 e. The molecular weight excluding hydrogens is 285 g/mol. The largest absolute Gasteiger partial charge is 0.387 e. The SMILES string of the molecule is Cc1cc(CS(=O)(=O)CC(O)c2ccc(F)cc2)no1. The second-order valence-corrected chi connectivity index (χ2v) is 6.66. The molecule has 0 spiro atoms. The van der Waals surface area contributed by atoms with Gasteiger partial charge < -0.3 is 9.63 Å². The van der Waals surface area contributed by atoms with Crippen molar-refractivity contribution in [3.05, 3.63) is 53.2 Å². The first-order valence-corrected chi connectivity index (χ1v) is 7.74. The molecule has 0 aliphatic carbocycles. The van der Waals surface area contributed by atoms with Crippen molar-refractivity contribution in [1.29, 1.82) is 0 Å². The highest BCUT2D eigenvalue weighted by Gasteiger charge is 2.21. The van der Waals surface area contributed by atoms with Gasteiger partial charge in [-0.05, 0) is 24.6 Å². The van der Waals surface area contributed by atoms with Crippen LogP contribution >= 0.6 is 0 Å². The second kappa shape index (κ2) is 5.72. The number of nitrogens with zero attached hydrogens (tertiary/aromatic N) is 1. The molecular formula is C13H14FNO4S. The van der Waals surface area contributed by atoms with Crippen molar-refractivity contribution in [2.75, 3.05) is 5.75 Å². The van der Waals surface area contributed by atoms with Crippen molar-refractivity contribution in [3.63, 3.8) is 0 Å². The van der Waals surface area contributed by atoms with Gasteiger partial charge in [0.15, 0.2) is 9.84 Å². The Labute approximate surface area is 115 Å². The first kappa shape index (κ1) is 14.7. The fourth-order valence-corrected chi connectivity index (χ4v) is 3.17. The van der Waals surface area contributed by atoms with Crippen molar-refractivity contribution in [2.45, 2.75) is 18.8 Å². The van der Waals surface area contributed by atoms with Crippen molar-refractivity contribution in [1.82, 2.24) is 5.16 Å². The molecule has 0 bridgehead atoms. The molecule has 2 aromatic rings. The van der Waals surface area contributed by atoms with E-state index in [9.17, 15) is 17.9 Å². The van der Waals surface area contributed by atoms with Crippen LogP contribution in [0.3, 0.4) is 0 Å². The summed E-state index contributed by atoms with van der Waals surface area (Å²) in [6, 6.07) is 6.59. The first-order valence-electron chi connectivity index (χ1n) is 5.92. The molecule has 1 heterocycles. The summed E-state index contributed by atoms with van der Waals surface area (Å²) in [6.45, 7) is 1.66. The number of sulfone groups is 1. The number of halogens is 1. The minimum absolute atomic E-state index is 0.300. The lowest BCUT2D eigenvalue weighted by Gasteiger charge is -2.10. The molecule has 0 aliphatic rings. The summed E-state index contributed by atoms with van der Waals surface area (Å²) in [6.07, 6.45) is -1.20. The molecule has 1 aromatic heterocycles. The van der Waals surface area contributed by atoms with Crippen LogP contribution in [0.25, 0.3) is 0 Å². The van der Waals surface area contributed by atoms with Crippen molar-refractivity contribution in [3.8, 4) is 0 Å². The Hall–Kier alpha value is -1.73. The van der Waals surface area contributed by atoms with Crippen molar-refractivity contribution >= 4 is 9.84 Å². The smallest absolute Gasteiger partial charge is 0.159 e. The Morgan fingerprint density at radius 1 is 1.35 bits per heavy atom. The van der Waals surface area contributed by atoms with Crippen LogP contribution in [0.15, 0.2) is 34.9 Å². The maximum absolute atomic E-state index is 12.8. The van der Waals surface area contributed by atoms with E-state index in [-0.39, 0.29) is 5.75 Å². The minimum atomic E-state index is -3.55. The molecule has 1 atom stereocenters. The van der Waals surface area contributed by atoms with E-state index in [1.54, 1.807) is 6.92 Å².